The van der Waals surface area contributed by atoms with Crippen molar-refractivity contribution in [3.05, 3.63) is 34.6 Å². The standard InChI is InChI=1S/C16H22ClFN2O/c1-11(9-19)5-8-16(21)20(12-6-7-12)10-13-14(17)3-2-4-15(13)18/h2-4,11-12H,5-10,19H2,1H3. The monoisotopic (exact) mass is 312 g/mol. The third-order valence-electron chi connectivity index (χ3n) is 3.95. The second kappa shape index (κ2) is 7.23. The van der Waals surface area contributed by atoms with Gasteiger partial charge in [0.05, 0.1) is 6.54 Å². The summed E-state index contributed by atoms with van der Waals surface area (Å²) in [6.07, 6.45) is 3.21. The molecule has 2 N–H and O–H groups in total. The molecular formula is C16H22ClFN2O. The number of hydrogen-bond donors (Lipinski definition) is 1. The molecule has 0 aromatic heterocycles. The molecular weight excluding hydrogens is 291 g/mol. The van der Waals surface area contributed by atoms with Crippen molar-refractivity contribution in [2.24, 2.45) is 11.7 Å². The lowest BCUT2D eigenvalue weighted by Gasteiger charge is -2.24. The van der Waals surface area contributed by atoms with Gasteiger partial charge in [-0.2, -0.15) is 0 Å². The number of hydrogen-bond acceptors (Lipinski definition) is 2. The van der Waals surface area contributed by atoms with E-state index >= 15 is 0 Å². The van der Waals surface area contributed by atoms with Gasteiger partial charge in [-0.1, -0.05) is 24.6 Å². The van der Waals surface area contributed by atoms with E-state index in [9.17, 15) is 9.18 Å². The van der Waals surface area contributed by atoms with Crippen molar-refractivity contribution in [3.63, 3.8) is 0 Å². The van der Waals surface area contributed by atoms with Crippen LogP contribution in [0.3, 0.4) is 0 Å². The highest BCUT2D eigenvalue weighted by atomic mass is 35.5. The lowest BCUT2D eigenvalue weighted by Crippen LogP contribution is -2.33. The molecule has 3 nitrogen and oxygen atoms in total. The molecule has 0 bridgehead atoms. The summed E-state index contributed by atoms with van der Waals surface area (Å²) < 4.78 is 13.9. The topological polar surface area (TPSA) is 46.3 Å². The van der Waals surface area contributed by atoms with Crippen molar-refractivity contribution in [1.29, 1.82) is 0 Å². The predicted molar refractivity (Wildman–Crippen MR) is 82.4 cm³/mol. The van der Waals surface area contributed by atoms with E-state index in [1.54, 1.807) is 17.0 Å². The first-order valence-corrected chi connectivity index (χ1v) is 7.83. The van der Waals surface area contributed by atoms with Crippen molar-refractivity contribution in [1.82, 2.24) is 4.90 Å². The minimum atomic E-state index is -0.351. The first-order valence-electron chi connectivity index (χ1n) is 7.45. The van der Waals surface area contributed by atoms with Crippen LogP contribution >= 0.6 is 11.6 Å². The van der Waals surface area contributed by atoms with Crippen molar-refractivity contribution >= 4 is 17.5 Å². The van der Waals surface area contributed by atoms with Gasteiger partial charge in [0.25, 0.3) is 0 Å². The van der Waals surface area contributed by atoms with E-state index in [-0.39, 0.29) is 24.3 Å². The normalized spacial score (nSPS) is 15.8. The SMILES string of the molecule is CC(CN)CCC(=O)N(Cc1c(F)cccc1Cl)C1CC1. The second-order valence-corrected chi connectivity index (χ2v) is 6.24. The van der Waals surface area contributed by atoms with Crippen LogP contribution < -0.4 is 5.73 Å². The van der Waals surface area contributed by atoms with Gasteiger partial charge in [-0.05, 0) is 43.9 Å². The van der Waals surface area contributed by atoms with Crippen molar-refractivity contribution in [3.8, 4) is 0 Å². The zero-order chi connectivity index (χ0) is 15.4. The van der Waals surface area contributed by atoms with E-state index in [1.807, 2.05) is 6.92 Å². The zero-order valence-electron chi connectivity index (χ0n) is 12.3. The van der Waals surface area contributed by atoms with Crippen LogP contribution in [-0.2, 0) is 11.3 Å². The van der Waals surface area contributed by atoms with Crippen molar-refractivity contribution < 1.29 is 9.18 Å². The minimum absolute atomic E-state index is 0.0668. The lowest BCUT2D eigenvalue weighted by molar-refractivity contribution is -0.132. The number of halogens is 2. The quantitative estimate of drug-likeness (QED) is 0.839. The molecule has 0 saturated heterocycles. The van der Waals surface area contributed by atoms with Crippen LogP contribution in [0.5, 0.6) is 0 Å². The lowest BCUT2D eigenvalue weighted by atomic mass is 10.1. The summed E-state index contributed by atoms with van der Waals surface area (Å²) >= 11 is 6.06. The second-order valence-electron chi connectivity index (χ2n) is 5.83. The predicted octanol–water partition coefficient (Wildman–Crippen LogP) is 3.35. The molecule has 1 amide bonds. The molecule has 1 unspecified atom stereocenters. The molecule has 2 rings (SSSR count). The van der Waals surface area contributed by atoms with Gasteiger partial charge in [-0.15, -0.1) is 0 Å². The van der Waals surface area contributed by atoms with E-state index in [1.165, 1.54) is 6.07 Å². The van der Waals surface area contributed by atoms with E-state index in [0.29, 0.717) is 29.5 Å². The minimum Gasteiger partial charge on any atom is -0.335 e. The average Bonchev–Trinajstić information content (AvgIpc) is 3.28. The van der Waals surface area contributed by atoms with Crippen molar-refractivity contribution in [2.45, 2.75) is 45.2 Å². The Morgan fingerprint density at radius 3 is 2.81 bits per heavy atom. The maximum absolute atomic E-state index is 13.9. The molecule has 1 fully saturated rings. The fourth-order valence-corrected chi connectivity index (χ4v) is 2.51. The maximum Gasteiger partial charge on any atom is 0.223 e. The first-order chi connectivity index (χ1) is 10.0. The summed E-state index contributed by atoms with van der Waals surface area (Å²) in [6.45, 7) is 2.87. The number of nitrogens with zero attached hydrogens (tertiary/aromatic N) is 1. The first kappa shape index (κ1) is 16.2. The van der Waals surface area contributed by atoms with Gasteiger partial charge in [-0.25, -0.2) is 4.39 Å². The van der Waals surface area contributed by atoms with Gasteiger partial charge in [-0.3, -0.25) is 4.79 Å². The summed E-state index contributed by atoms with van der Waals surface area (Å²) in [4.78, 5) is 14.2. The summed E-state index contributed by atoms with van der Waals surface area (Å²) in [5.41, 5.74) is 5.99. The third kappa shape index (κ3) is 4.42. The molecule has 1 aromatic carbocycles. The van der Waals surface area contributed by atoms with E-state index in [2.05, 4.69) is 0 Å². The van der Waals surface area contributed by atoms with E-state index < -0.39 is 0 Å². The number of rotatable bonds is 7. The number of benzene rings is 1. The number of amides is 1. The van der Waals surface area contributed by atoms with Crippen LogP contribution in [0.1, 0.15) is 38.2 Å². The Kier molecular flexibility index (Phi) is 5.59. The highest BCUT2D eigenvalue weighted by Gasteiger charge is 2.33. The molecule has 116 valence electrons. The molecule has 21 heavy (non-hydrogen) atoms. The molecule has 1 atom stereocenters. The van der Waals surface area contributed by atoms with E-state index in [0.717, 1.165) is 19.3 Å². The van der Waals surface area contributed by atoms with Crippen LogP contribution in [-0.4, -0.2) is 23.4 Å². The molecule has 1 saturated carbocycles. The van der Waals surface area contributed by atoms with Crippen LogP contribution in [0.15, 0.2) is 18.2 Å². The summed E-state index contributed by atoms with van der Waals surface area (Å²) in [7, 11) is 0. The molecule has 0 aliphatic heterocycles. The van der Waals surface area contributed by atoms with Crippen LogP contribution in [0, 0.1) is 11.7 Å². The molecule has 0 spiro atoms. The number of carbonyl (C=O) groups is 1. The zero-order valence-corrected chi connectivity index (χ0v) is 13.1. The van der Waals surface area contributed by atoms with Gasteiger partial charge in [0, 0.05) is 23.0 Å². The van der Waals surface area contributed by atoms with Gasteiger partial charge in [0.2, 0.25) is 5.91 Å². The Balaban J connectivity index is 2.04. The average molecular weight is 313 g/mol. The maximum atomic E-state index is 13.9. The third-order valence-corrected chi connectivity index (χ3v) is 4.31. The fourth-order valence-electron chi connectivity index (χ4n) is 2.29. The summed E-state index contributed by atoms with van der Waals surface area (Å²) in [5, 5.41) is 0.378. The van der Waals surface area contributed by atoms with Crippen LogP contribution in [0.4, 0.5) is 4.39 Å². The number of nitrogens with two attached hydrogens (primary N) is 1. The van der Waals surface area contributed by atoms with Crippen molar-refractivity contribution in [2.75, 3.05) is 6.54 Å². The van der Waals surface area contributed by atoms with Crippen LogP contribution in [0.2, 0.25) is 5.02 Å². The van der Waals surface area contributed by atoms with Gasteiger partial charge in [0.1, 0.15) is 5.82 Å². The Bertz CT molecular complexity index is 485. The van der Waals surface area contributed by atoms with Gasteiger partial charge in [0.15, 0.2) is 0 Å². The molecule has 0 heterocycles. The van der Waals surface area contributed by atoms with Gasteiger partial charge >= 0.3 is 0 Å². The Morgan fingerprint density at radius 1 is 1.52 bits per heavy atom. The Hall–Kier alpha value is -1.13. The molecule has 1 aliphatic carbocycles. The van der Waals surface area contributed by atoms with E-state index in [4.69, 9.17) is 17.3 Å². The highest BCUT2D eigenvalue weighted by molar-refractivity contribution is 6.31. The van der Waals surface area contributed by atoms with Gasteiger partial charge < -0.3 is 10.6 Å². The smallest absolute Gasteiger partial charge is 0.223 e. The van der Waals surface area contributed by atoms with Crippen LogP contribution in [0.25, 0.3) is 0 Å². The largest absolute Gasteiger partial charge is 0.335 e. The fraction of sp³-hybridized carbons (Fsp3) is 0.562. The molecule has 1 aromatic rings. The molecule has 0 radical (unpaired) electrons. The highest BCUT2D eigenvalue weighted by Crippen LogP contribution is 2.31. The summed E-state index contributed by atoms with van der Waals surface area (Å²) in [5.74, 6) is 0.0421. The Labute approximate surface area is 130 Å². The summed E-state index contributed by atoms with van der Waals surface area (Å²) in [6, 6.07) is 4.86. The Morgan fingerprint density at radius 2 is 2.24 bits per heavy atom. The molecule has 1 aliphatic rings. The number of carbonyl (C=O) groups excluding carboxylic acids is 1. The molecule has 5 heteroatoms.